The van der Waals surface area contributed by atoms with Crippen LogP contribution >= 0.6 is 0 Å². The maximum absolute atomic E-state index is 12.3. The molecule has 3 rings (SSSR count). The first-order valence-corrected chi connectivity index (χ1v) is 10.5. The molecule has 0 saturated carbocycles. The minimum absolute atomic E-state index is 0.0536. The van der Waals surface area contributed by atoms with E-state index >= 15 is 0 Å². The number of likely N-dealkylation sites (tertiary alicyclic amines) is 1. The zero-order valence-electron chi connectivity index (χ0n) is 18.2. The van der Waals surface area contributed by atoms with Crippen molar-refractivity contribution in [2.24, 2.45) is 5.92 Å². The molecule has 164 valence electrons. The lowest BCUT2D eigenvalue weighted by Gasteiger charge is -2.31. The van der Waals surface area contributed by atoms with Crippen LogP contribution in [0.4, 0.5) is 5.69 Å². The molecular weight excluding hydrogens is 394 g/mol. The van der Waals surface area contributed by atoms with E-state index in [1.54, 1.807) is 29.4 Å². The molecular formula is C24H29N3O4. The minimum Gasteiger partial charge on any atom is -0.465 e. The standard InChI is InChI=1S/C24H29N3O4/c1-16-13-17(2)22(18(3)14-16)26-24(30)23(29)25-15-19-8-10-27(11-9-19)21(28)7-6-20-5-4-12-31-20/h4-7,12-14,19H,8-11,15H2,1-3H3,(H,25,29)(H,26,30)/b7-6+. The van der Waals surface area contributed by atoms with Crippen molar-refractivity contribution in [3.8, 4) is 0 Å². The van der Waals surface area contributed by atoms with E-state index < -0.39 is 11.8 Å². The van der Waals surface area contributed by atoms with Gasteiger partial charge in [0.2, 0.25) is 5.91 Å². The van der Waals surface area contributed by atoms with Crippen molar-refractivity contribution >= 4 is 29.5 Å². The average molecular weight is 424 g/mol. The van der Waals surface area contributed by atoms with Gasteiger partial charge < -0.3 is 20.0 Å². The minimum atomic E-state index is -0.661. The van der Waals surface area contributed by atoms with E-state index in [2.05, 4.69) is 10.6 Å². The number of nitrogens with zero attached hydrogens (tertiary/aromatic N) is 1. The number of carbonyl (C=O) groups is 3. The van der Waals surface area contributed by atoms with Gasteiger partial charge in [-0.2, -0.15) is 0 Å². The van der Waals surface area contributed by atoms with Crippen molar-refractivity contribution in [2.75, 3.05) is 25.0 Å². The van der Waals surface area contributed by atoms with Gasteiger partial charge in [-0.05, 0) is 68.9 Å². The third-order valence-corrected chi connectivity index (χ3v) is 5.53. The van der Waals surface area contributed by atoms with E-state index in [-0.39, 0.29) is 11.8 Å². The number of aryl methyl sites for hydroxylation is 3. The van der Waals surface area contributed by atoms with Gasteiger partial charge in [-0.3, -0.25) is 14.4 Å². The molecule has 1 aromatic carbocycles. The molecule has 0 unspecified atom stereocenters. The molecule has 2 N–H and O–H groups in total. The van der Waals surface area contributed by atoms with Crippen LogP contribution in [0.3, 0.4) is 0 Å². The summed E-state index contributed by atoms with van der Waals surface area (Å²) in [5.74, 6) is -0.481. The molecule has 1 fully saturated rings. The Hall–Kier alpha value is -3.35. The van der Waals surface area contributed by atoms with E-state index in [0.29, 0.717) is 31.1 Å². The van der Waals surface area contributed by atoms with E-state index in [9.17, 15) is 14.4 Å². The Morgan fingerprint density at radius 1 is 1.10 bits per heavy atom. The lowest BCUT2D eigenvalue weighted by molar-refractivity contribution is -0.136. The van der Waals surface area contributed by atoms with Crippen LogP contribution in [0.1, 0.15) is 35.3 Å². The predicted octanol–water partition coefficient (Wildman–Crippen LogP) is 3.21. The van der Waals surface area contributed by atoms with Crippen LogP contribution in [0.2, 0.25) is 0 Å². The fraction of sp³-hybridized carbons (Fsp3) is 0.375. The molecule has 3 amide bonds. The van der Waals surface area contributed by atoms with Gasteiger partial charge >= 0.3 is 11.8 Å². The number of carbonyl (C=O) groups excluding carboxylic acids is 3. The fourth-order valence-corrected chi connectivity index (χ4v) is 3.87. The number of amides is 3. The quantitative estimate of drug-likeness (QED) is 0.571. The van der Waals surface area contributed by atoms with Gasteiger partial charge in [-0.1, -0.05) is 17.7 Å². The first-order chi connectivity index (χ1) is 14.8. The van der Waals surface area contributed by atoms with Crippen LogP contribution in [-0.4, -0.2) is 42.3 Å². The number of hydrogen-bond donors (Lipinski definition) is 2. The van der Waals surface area contributed by atoms with Crippen molar-refractivity contribution in [3.63, 3.8) is 0 Å². The number of piperidine rings is 1. The van der Waals surface area contributed by atoms with Gasteiger partial charge in [-0.25, -0.2) is 0 Å². The lowest BCUT2D eigenvalue weighted by atomic mass is 9.96. The van der Waals surface area contributed by atoms with Crippen molar-refractivity contribution in [1.82, 2.24) is 10.2 Å². The largest absolute Gasteiger partial charge is 0.465 e. The topological polar surface area (TPSA) is 91.7 Å². The van der Waals surface area contributed by atoms with Crippen molar-refractivity contribution in [2.45, 2.75) is 33.6 Å². The molecule has 0 atom stereocenters. The summed E-state index contributed by atoms with van der Waals surface area (Å²) < 4.78 is 5.19. The van der Waals surface area contributed by atoms with E-state index in [4.69, 9.17) is 4.42 Å². The Morgan fingerprint density at radius 3 is 2.39 bits per heavy atom. The van der Waals surface area contributed by atoms with E-state index in [1.807, 2.05) is 32.9 Å². The number of hydrogen-bond acceptors (Lipinski definition) is 4. The molecule has 1 aliphatic rings. The Kier molecular flexibility index (Phi) is 7.28. The second-order valence-electron chi connectivity index (χ2n) is 8.06. The van der Waals surface area contributed by atoms with Gasteiger partial charge in [0, 0.05) is 31.4 Å². The summed E-state index contributed by atoms with van der Waals surface area (Å²) in [5, 5.41) is 5.45. The average Bonchev–Trinajstić information content (AvgIpc) is 3.26. The lowest BCUT2D eigenvalue weighted by Crippen LogP contribution is -2.43. The molecule has 2 heterocycles. The Bertz CT molecular complexity index is 948. The maximum Gasteiger partial charge on any atom is 0.313 e. The molecule has 0 aliphatic carbocycles. The van der Waals surface area contributed by atoms with E-state index in [1.165, 1.54) is 6.08 Å². The molecule has 1 aromatic heterocycles. The number of benzene rings is 1. The maximum atomic E-state index is 12.3. The molecule has 0 radical (unpaired) electrons. The third kappa shape index (κ3) is 6.07. The number of furan rings is 1. The molecule has 7 heteroatoms. The molecule has 1 aliphatic heterocycles. The van der Waals surface area contributed by atoms with Crippen LogP contribution < -0.4 is 10.6 Å². The summed E-state index contributed by atoms with van der Waals surface area (Å²) in [6.45, 7) is 7.47. The van der Waals surface area contributed by atoms with Gasteiger partial charge in [0.15, 0.2) is 0 Å². The number of anilines is 1. The van der Waals surface area contributed by atoms with Crippen LogP contribution in [0.5, 0.6) is 0 Å². The van der Waals surface area contributed by atoms with Crippen LogP contribution in [0.25, 0.3) is 6.08 Å². The summed E-state index contributed by atoms with van der Waals surface area (Å²) in [7, 11) is 0. The second kappa shape index (κ2) is 10.1. The number of rotatable bonds is 5. The summed E-state index contributed by atoms with van der Waals surface area (Å²) in [5.41, 5.74) is 3.65. The highest BCUT2D eigenvalue weighted by Crippen LogP contribution is 2.22. The van der Waals surface area contributed by atoms with Crippen molar-refractivity contribution in [3.05, 3.63) is 59.1 Å². The third-order valence-electron chi connectivity index (χ3n) is 5.53. The summed E-state index contributed by atoms with van der Waals surface area (Å²) >= 11 is 0. The Morgan fingerprint density at radius 2 is 1.77 bits per heavy atom. The van der Waals surface area contributed by atoms with Gasteiger partial charge in [0.25, 0.3) is 0 Å². The van der Waals surface area contributed by atoms with Gasteiger partial charge in [0.05, 0.1) is 6.26 Å². The fourth-order valence-electron chi connectivity index (χ4n) is 3.87. The molecule has 2 aromatic rings. The SMILES string of the molecule is Cc1cc(C)c(NC(=O)C(=O)NCC2CCN(C(=O)/C=C/c3ccco3)CC2)c(C)c1. The van der Waals surface area contributed by atoms with E-state index in [0.717, 1.165) is 29.5 Å². The first kappa shape index (κ1) is 22.3. The van der Waals surface area contributed by atoms with Crippen molar-refractivity contribution < 1.29 is 18.8 Å². The van der Waals surface area contributed by atoms with Gasteiger partial charge in [-0.15, -0.1) is 0 Å². The first-order valence-electron chi connectivity index (χ1n) is 10.5. The molecule has 31 heavy (non-hydrogen) atoms. The predicted molar refractivity (Wildman–Crippen MR) is 119 cm³/mol. The zero-order valence-corrected chi connectivity index (χ0v) is 18.2. The molecule has 7 nitrogen and oxygen atoms in total. The Labute approximate surface area is 182 Å². The second-order valence-corrected chi connectivity index (χ2v) is 8.06. The highest BCUT2D eigenvalue weighted by molar-refractivity contribution is 6.39. The van der Waals surface area contributed by atoms with Gasteiger partial charge in [0.1, 0.15) is 5.76 Å². The highest BCUT2D eigenvalue weighted by atomic mass is 16.3. The van der Waals surface area contributed by atoms with Crippen molar-refractivity contribution in [1.29, 1.82) is 0 Å². The number of nitrogens with one attached hydrogen (secondary N) is 2. The Balaban J connectivity index is 1.42. The highest BCUT2D eigenvalue weighted by Gasteiger charge is 2.23. The van der Waals surface area contributed by atoms with Crippen LogP contribution in [0.15, 0.2) is 41.0 Å². The van der Waals surface area contributed by atoms with Crippen LogP contribution in [0, 0.1) is 26.7 Å². The zero-order chi connectivity index (χ0) is 22.4. The smallest absolute Gasteiger partial charge is 0.313 e. The summed E-state index contributed by atoms with van der Waals surface area (Å²) in [6, 6.07) is 7.50. The monoisotopic (exact) mass is 423 g/mol. The summed E-state index contributed by atoms with van der Waals surface area (Å²) in [4.78, 5) is 38.6. The summed E-state index contributed by atoms with van der Waals surface area (Å²) in [6.07, 6.45) is 6.29. The normalized spacial score (nSPS) is 14.6. The molecule has 0 spiro atoms. The molecule has 1 saturated heterocycles. The molecule has 0 bridgehead atoms. The van der Waals surface area contributed by atoms with Crippen LogP contribution in [-0.2, 0) is 14.4 Å².